The second-order valence-electron chi connectivity index (χ2n) is 6.15. The summed E-state index contributed by atoms with van der Waals surface area (Å²) in [7, 11) is 4.38. The third kappa shape index (κ3) is 6.19. The smallest absolute Gasteiger partial charge is 0.325 e. The number of amides is 1. The van der Waals surface area contributed by atoms with Gasteiger partial charge in [-0.2, -0.15) is 0 Å². The Bertz CT molecular complexity index is 798. The number of nitrogens with zero attached hydrogens (tertiary/aromatic N) is 1. The van der Waals surface area contributed by atoms with Crippen molar-refractivity contribution in [2.24, 2.45) is 0 Å². The number of hydrogen-bond donors (Lipinski definition) is 0. The summed E-state index contributed by atoms with van der Waals surface area (Å²) >= 11 is 0. The molecule has 2 rings (SSSR count). The van der Waals surface area contributed by atoms with E-state index < -0.39 is 5.97 Å². The van der Waals surface area contributed by atoms with Crippen molar-refractivity contribution >= 4 is 11.9 Å². The Kier molecular flexibility index (Phi) is 7.68. The van der Waals surface area contributed by atoms with Gasteiger partial charge in [0.15, 0.2) is 6.61 Å². The van der Waals surface area contributed by atoms with Gasteiger partial charge < -0.3 is 23.8 Å². The van der Waals surface area contributed by atoms with Crippen LogP contribution in [0.1, 0.15) is 11.1 Å². The Hall–Kier alpha value is -3.22. The molecule has 0 atom stereocenters. The second-order valence-corrected chi connectivity index (χ2v) is 6.15. The first kappa shape index (κ1) is 21.1. The van der Waals surface area contributed by atoms with Crippen molar-refractivity contribution in [1.29, 1.82) is 0 Å². The minimum absolute atomic E-state index is 0.179. The fourth-order valence-electron chi connectivity index (χ4n) is 2.57. The molecule has 0 aliphatic carbocycles. The maximum absolute atomic E-state index is 12.7. The molecular weight excluding hydrogens is 362 g/mol. The number of carbonyl (C=O) groups excluding carboxylic acids is 2. The number of carbonyl (C=O) groups is 2. The van der Waals surface area contributed by atoms with Crippen molar-refractivity contribution in [2.45, 2.75) is 13.5 Å². The van der Waals surface area contributed by atoms with Crippen LogP contribution in [0.15, 0.2) is 42.5 Å². The maximum atomic E-state index is 12.7. The summed E-state index contributed by atoms with van der Waals surface area (Å²) in [5.74, 6) is 0.925. The van der Waals surface area contributed by atoms with E-state index in [1.807, 2.05) is 25.1 Å². The molecule has 0 spiro atoms. The first-order valence-corrected chi connectivity index (χ1v) is 8.71. The summed E-state index contributed by atoms with van der Waals surface area (Å²) in [5.41, 5.74) is 1.78. The summed E-state index contributed by atoms with van der Waals surface area (Å²) in [6, 6.07) is 12.7. The van der Waals surface area contributed by atoms with Crippen molar-refractivity contribution in [3.8, 4) is 17.2 Å². The lowest BCUT2D eigenvalue weighted by molar-refractivity contribution is -0.148. The van der Waals surface area contributed by atoms with Gasteiger partial charge in [-0.25, -0.2) is 0 Å². The second kappa shape index (κ2) is 10.2. The van der Waals surface area contributed by atoms with Gasteiger partial charge in [0, 0.05) is 12.6 Å². The van der Waals surface area contributed by atoms with Crippen LogP contribution in [0.2, 0.25) is 0 Å². The molecule has 2 aromatic rings. The van der Waals surface area contributed by atoms with Crippen LogP contribution in [0, 0.1) is 6.92 Å². The van der Waals surface area contributed by atoms with E-state index >= 15 is 0 Å². The van der Waals surface area contributed by atoms with Crippen molar-refractivity contribution in [3.05, 3.63) is 53.6 Å². The zero-order chi connectivity index (χ0) is 20.5. The van der Waals surface area contributed by atoms with Crippen LogP contribution in [-0.4, -0.2) is 51.3 Å². The third-order valence-electron chi connectivity index (χ3n) is 4.04. The van der Waals surface area contributed by atoms with E-state index in [9.17, 15) is 9.59 Å². The first-order chi connectivity index (χ1) is 13.4. The van der Waals surface area contributed by atoms with Crippen LogP contribution in [0.4, 0.5) is 0 Å². The fourth-order valence-corrected chi connectivity index (χ4v) is 2.57. The molecule has 0 N–H and O–H groups in total. The van der Waals surface area contributed by atoms with Crippen molar-refractivity contribution < 1.29 is 28.5 Å². The topological polar surface area (TPSA) is 74.3 Å². The average Bonchev–Trinajstić information content (AvgIpc) is 2.71. The molecule has 0 aliphatic heterocycles. The van der Waals surface area contributed by atoms with Crippen LogP contribution in [0.3, 0.4) is 0 Å². The molecule has 2 aromatic carbocycles. The summed E-state index contributed by atoms with van der Waals surface area (Å²) in [4.78, 5) is 25.8. The molecule has 0 unspecified atom stereocenters. The quantitative estimate of drug-likeness (QED) is 0.616. The van der Waals surface area contributed by atoms with Gasteiger partial charge in [0.05, 0.1) is 21.3 Å². The van der Waals surface area contributed by atoms with E-state index in [1.54, 1.807) is 38.5 Å². The minimum Gasteiger partial charge on any atom is -0.497 e. The number of ether oxygens (including phenoxy) is 4. The standard InChI is InChI=1S/C21H25NO6/c1-15-6-5-7-17(8-15)28-14-20(23)22(13-21(24)27-4)12-16-9-18(25-2)11-19(10-16)26-3/h5-11H,12-14H2,1-4H3. The number of aryl methyl sites for hydroxylation is 1. The minimum atomic E-state index is -0.515. The van der Waals surface area contributed by atoms with Gasteiger partial charge in [0.2, 0.25) is 0 Å². The van der Waals surface area contributed by atoms with Crippen LogP contribution in [-0.2, 0) is 20.9 Å². The van der Waals surface area contributed by atoms with Crippen LogP contribution >= 0.6 is 0 Å². The van der Waals surface area contributed by atoms with E-state index in [0.717, 1.165) is 11.1 Å². The van der Waals surface area contributed by atoms with Gasteiger partial charge in [0.1, 0.15) is 23.8 Å². The average molecular weight is 387 g/mol. The maximum Gasteiger partial charge on any atom is 0.325 e. The molecule has 0 saturated carbocycles. The molecule has 28 heavy (non-hydrogen) atoms. The Morgan fingerprint density at radius 2 is 1.61 bits per heavy atom. The lowest BCUT2D eigenvalue weighted by Gasteiger charge is -2.22. The summed E-state index contributed by atoms with van der Waals surface area (Å²) in [5, 5.41) is 0. The van der Waals surface area contributed by atoms with E-state index in [1.165, 1.54) is 12.0 Å². The Balaban J connectivity index is 2.14. The Labute approximate surface area is 164 Å². The van der Waals surface area contributed by atoms with E-state index in [0.29, 0.717) is 17.2 Å². The highest BCUT2D eigenvalue weighted by molar-refractivity contribution is 5.83. The molecule has 1 amide bonds. The molecule has 0 heterocycles. The third-order valence-corrected chi connectivity index (χ3v) is 4.04. The SMILES string of the molecule is COC(=O)CN(Cc1cc(OC)cc(OC)c1)C(=O)COc1cccc(C)c1. The monoisotopic (exact) mass is 387 g/mol. The van der Waals surface area contributed by atoms with Crippen molar-refractivity contribution in [2.75, 3.05) is 34.5 Å². The van der Waals surface area contributed by atoms with Crippen LogP contribution in [0.25, 0.3) is 0 Å². The Morgan fingerprint density at radius 1 is 0.929 bits per heavy atom. The van der Waals surface area contributed by atoms with Gasteiger partial charge >= 0.3 is 5.97 Å². The fraction of sp³-hybridized carbons (Fsp3) is 0.333. The van der Waals surface area contributed by atoms with Crippen molar-refractivity contribution in [1.82, 2.24) is 4.90 Å². The lowest BCUT2D eigenvalue weighted by Crippen LogP contribution is -2.38. The Morgan fingerprint density at radius 3 is 2.18 bits per heavy atom. The molecule has 0 aromatic heterocycles. The van der Waals surface area contributed by atoms with Crippen LogP contribution < -0.4 is 14.2 Å². The highest BCUT2D eigenvalue weighted by Crippen LogP contribution is 2.23. The molecule has 7 nitrogen and oxygen atoms in total. The normalized spacial score (nSPS) is 10.1. The highest BCUT2D eigenvalue weighted by Gasteiger charge is 2.19. The van der Waals surface area contributed by atoms with Gasteiger partial charge in [-0.1, -0.05) is 12.1 Å². The largest absolute Gasteiger partial charge is 0.497 e. The number of hydrogen-bond acceptors (Lipinski definition) is 6. The van der Waals surface area contributed by atoms with Gasteiger partial charge in [-0.3, -0.25) is 9.59 Å². The number of esters is 1. The van der Waals surface area contributed by atoms with Crippen molar-refractivity contribution in [3.63, 3.8) is 0 Å². The number of benzene rings is 2. The molecular formula is C21H25NO6. The lowest BCUT2D eigenvalue weighted by atomic mass is 10.2. The van der Waals surface area contributed by atoms with E-state index in [4.69, 9.17) is 18.9 Å². The summed E-state index contributed by atoms with van der Waals surface area (Å²) < 4.78 is 20.8. The molecule has 150 valence electrons. The molecule has 0 aliphatic rings. The molecule has 0 bridgehead atoms. The zero-order valence-corrected chi connectivity index (χ0v) is 16.6. The molecule has 0 saturated heterocycles. The first-order valence-electron chi connectivity index (χ1n) is 8.71. The number of rotatable bonds is 9. The van der Waals surface area contributed by atoms with E-state index in [2.05, 4.69) is 0 Å². The van der Waals surface area contributed by atoms with Gasteiger partial charge in [-0.05, 0) is 42.3 Å². The van der Waals surface area contributed by atoms with E-state index in [-0.39, 0.29) is 25.6 Å². The highest BCUT2D eigenvalue weighted by atomic mass is 16.5. The predicted molar refractivity (Wildman–Crippen MR) is 104 cm³/mol. The van der Waals surface area contributed by atoms with Gasteiger partial charge in [0.25, 0.3) is 5.91 Å². The number of methoxy groups -OCH3 is 3. The predicted octanol–water partition coefficient (Wildman–Crippen LogP) is 2.59. The zero-order valence-electron chi connectivity index (χ0n) is 16.6. The molecule has 0 radical (unpaired) electrons. The summed E-state index contributed by atoms with van der Waals surface area (Å²) in [6.45, 7) is 1.74. The summed E-state index contributed by atoms with van der Waals surface area (Å²) in [6.07, 6.45) is 0. The van der Waals surface area contributed by atoms with Crippen LogP contribution in [0.5, 0.6) is 17.2 Å². The van der Waals surface area contributed by atoms with Gasteiger partial charge in [-0.15, -0.1) is 0 Å². The molecule has 7 heteroatoms. The molecule has 0 fully saturated rings.